The molecule has 2 spiro atoms. The maximum atomic E-state index is 12.8. The summed E-state index contributed by atoms with van der Waals surface area (Å²) in [6, 6.07) is 0. The third-order valence-corrected chi connectivity index (χ3v) is 7.63. The minimum absolute atomic E-state index is 0.0617. The van der Waals surface area contributed by atoms with E-state index in [0.717, 1.165) is 25.7 Å². The molecule has 0 aromatic heterocycles. The highest BCUT2D eigenvalue weighted by molar-refractivity contribution is 5.87. The number of aliphatic hydroxyl groups is 1. The minimum atomic E-state index is -1.40. The Hall–Kier alpha value is -0.450. The Balaban J connectivity index is 1.82. The van der Waals surface area contributed by atoms with Gasteiger partial charge in [-0.15, -0.1) is 0 Å². The van der Waals surface area contributed by atoms with Crippen molar-refractivity contribution < 1.29 is 19.7 Å². The van der Waals surface area contributed by atoms with Gasteiger partial charge in [-0.3, -0.25) is 4.79 Å². The molecule has 1 saturated heterocycles. The molecule has 3 aliphatic carbocycles. The lowest BCUT2D eigenvalue weighted by Crippen LogP contribution is -2.71. The Morgan fingerprint density at radius 3 is 2.68 bits per heavy atom. The van der Waals surface area contributed by atoms with Crippen LogP contribution in [0.25, 0.3) is 0 Å². The van der Waals surface area contributed by atoms with Crippen LogP contribution in [0.15, 0.2) is 0 Å². The summed E-state index contributed by atoms with van der Waals surface area (Å²) in [4.78, 5) is 24.6. The van der Waals surface area contributed by atoms with Gasteiger partial charge in [0, 0.05) is 18.3 Å². The standard InChI is InChI=1S/C18H28O4/c1-12(2)13-6-8-15(3)9-10-16-11-17(13,15)21-22-18(16,20)7-4-5-14(16)19/h12-13,20H,4-11H2,1-3H3/t13-,15-,16+,17-,18+/m1/s1. The average Bonchev–Trinajstić information content (AvgIpc) is 2.75. The molecule has 1 heterocycles. The van der Waals surface area contributed by atoms with Crippen LogP contribution in [0.2, 0.25) is 0 Å². The molecule has 0 amide bonds. The first-order valence-electron chi connectivity index (χ1n) is 8.91. The summed E-state index contributed by atoms with van der Waals surface area (Å²) in [6.07, 6.45) is 6.38. The van der Waals surface area contributed by atoms with Crippen molar-refractivity contribution >= 4 is 5.78 Å². The van der Waals surface area contributed by atoms with Gasteiger partial charge in [0.25, 0.3) is 0 Å². The molecule has 4 rings (SSSR count). The SMILES string of the molecule is CC(C)[C@H]1CC[C@]2(C)CC[C@@]34C[C@@]12OO[C@@]3(O)CCCC4=O. The molecule has 0 aromatic rings. The van der Waals surface area contributed by atoms with E-state index in [0.29, 0.717) is 37.5 Å². The van der Waals surface area contributed by atoms with E-state index in [-0.39, 0.29) is 11.2 Å². The van der Waals surface area contributed by atoms with E-state index in [1.165, 1.54) is 0 Å². The molecular formula is C18H28O4. The van der Waals surface area contributed by atoms with Gasteiger partial charge in [-0.2, -0.15) is 4.89 Å². The Kier molecular flexibility index (Phi) is 2.98. The molecular weight excluding hydrogens is 280 g/mol. The monoisotopic (exact) mass is 308 g/mol. The van der Waals surface area contributed by atoms with Crippen LogP contribution in [-0.2, 0) is 14.6 Å². The van der Waals surface area contributed by atoms with Gasteiger partial charge in [0.1, 0.15) is 11.4 Å². The molecule has 1 aliphatic heterocycles. The zero-order valence-electron chi connectivity index (χ0n) is 14.0. The second-order valence-electron chi connectivity index (χ2n) is 8.83. The number of rotatable bonds is 1. The first-order chi connectivity index (χ1) is 10.3. The second kappa shape index (κ2) is 4.34. The molecule has 4 fully saturated rings. The van der Waals surface area contributed by atoms with E-state index in [1.807, 2.05) is 0 Å². The topological polar surface area (TPSA) is 55.8 Å². The normalized spacial score (nSPS) is 54.2. The van der Waals surface area contributed by atoms with Crippen LogP contribution in [0, 0.1) is 22.7 Å². The van der Waals surface area contributed by atoms with Crippen molar-refractivity contribution in [1.29, 1.82) is 0 Å². The summed E-state index contributed by atoms with van der Waals surface area (Å²) >= 11 is 0. The number of carbonyl (C=O) groups excluding carboxylic acids is 1. The first-order valence-corrected chi connectivity index (χ1v) is 8.91. The van der Waals surface area contributed by atoms with Crippen molar-refractivity contribution in [3.05, 3.63) is 0 Å². The molecule has 22 heavy (non-hydrogen) atoms. The fourth-order valence-corrected chi connectivity index (χ4v) is 6.16. The van der Waals surface area contributed by atoms with Crippen molar-refractivity contribution in [2.45, 2.75) is 83.5 Å². The van der Waals surface area contributed by atoms with Crippen LogP contribution < -0.4 is 0 Å². The second-order valence-corrected chi connectivity index (χ2v) is 8.83. The lowest BCUT2D eigenvalue weighted by molar-refractivity contribution is -0.540. The summed E-state index contributed by atoms with van der Waals surface area (Å²) in [5.41, 5.74) is -1.08. The Morgan fingerprint density at radius 2 is 1.95 bits per heavy atom. The van der Waals surface area contributed by atoms with Gasteiger partial charge < -0.3 is 5.11 Å². The van der Waals surface area contributed by atoms with E-state index in [1.54, 1.807) is 0 Å². The van der Waals surface area contributed by atoms with E-state index in [9.17, 15) is 9.90 Å². The zero-order chi connectivity index (χ0) is 15.8. The molecule has 5 atom stereocenters. The van der Waals surface area contributed by atoms with E-state index in [4.69, 9.17) is 9.78 Å². The fourth-order valence-electron chi connectivity index (χ4n) is 6.16. The van der Waals surface area contributed by atoms with Crippen molar-refractivity contribution in [3.63, 3.8) is 0 Å². The smallest absolute Gasteiger partial charge is 0.211 e. The average molecular weight is 308 g/mol. The van der Waals surface area contributed by atoms with Gasteiger partial charge in [0.15, 0.2) is 0 Å². The molecule has 4 nitrogen and oxygen atoms in total. The largest absolute Gasteiger partial charge is 0.362 e. The highest BCUT2D eigenvalue weighted by Crippen LogP contribution is 2.70. The van der Waals surface area contributed by atoms with Gasteiger partial charge in [0.2, 0.25) is 5.79 Å². The van der Waals surface area contributed by atoms with E-state index < -0.39 is 16.8 Å². The van der Waals surface area contributed by atoms with Gasteiger partial charge in [-0.05, 0) is 50.4 Å². The zero-order valence-corrected chi connectivity index (χ0v) is 14.0. The summed E-state index contributed by atoms with van der Waals surface area (Å²) in [6.45, 7) is 6.77. The molecule has 124 valence electrons. The van der Waals surface area contributed by atoms with Crippen molar-refractivity contribution in [2.75, 3.05) is 0 Å². The van der Waals surface area contributed by atoms with Gasteiger partial charge in [-0.1, -0.05) is 20.8 Å². The lowest BCUT2D eigenvalue weighted by Gasteiger charge is -2.64. The highest BCUT2D eigenvalue weighted by atomic mass is 17.2. The Bertz CT molecular complexity index is 517. The van der Waals surface area contributed by atoms with Crippen molar-refractivity contribution in [2.24, 2.45) is 22.7 Å². The van der Waals surface area contributed by atoms with Crippen LogP contribution in [0.3, 0.4) is 0 Å². The van der Waals surface area contributed by atoms with Crippen LogP contribution in [0.1, 0.15) is 72.1 Å². The third kappa shape index (κ3) is 1.52. The summed E-state index contributed by atoms with van der Waals surface area (Å²) in [7, 11) is 0. The van der Waals surface area contributed by atoms with Crippen LogP contribution in [0.5, 0.6) is 0 Å². The summed E-state index contributed by atoms with van der Waals surface area (Å²) < 4.78 is 0. The van der Waals surface area contributed by atoms with Crippen LogP contribution in [0.4, 0.5) is 0 Å². The Labute approximate surface area is 132 Å². The van der Waals surface area contributed by atoms with Gasteiger partial charge in [0.05, 0.1) is 5.41 Å². The first kappa shape index (κ1) is 15.1. The number of carbonyl (C=O) groups is 1. The van der Waals surface area contributed by atoms with Crippen LogP contribution in [-0.4, -0.2) is 22.3 Å². The third-order valence-electron chi connectivity index (χ3n) is 7.63. The predicted molar refractivity (Wildman–Crippen MR) is 80.7 cm³/mol. The fraction of sp³-hybridized carbons (Fsp3) is 0.944. The molecule has 0 unspecified atom stereocenters. The molecule has 0 radical (unpaired) electrons. The summed E-state index contributed by atoms with van der Waals surface area (Å²) in [5.74, 6) is -0.321. The van der Waals surface area contributed by atoms with E-state index in [2.05, 4.69) is 20.8 Å². The Morgan fingerprint density at radius 1 is 1.18 bits per heavy atom. The minimum Gasteiger partial charge on any atom is -0.362 e. The van der Waals surface area contributed by atoms with Gasteiger partial charge >= 0.3 is 0 Å². The van der Waals surface area contributed by atoms with E-state index >= 15 is 0 Å². The highest BCUT2D eigenvalue weighted by Gasteiger charge is 2.75. The number of hydrogen-bond acceptors (Lipinski definition) is 4. The molecule has 1 N–H and O–H groups in total. The number of Topliss-reactive ketones (excluding diaryl/α,β-unsaturated/α-hetero) is 1. The quantitative estimate of drug-likeness (QED) is 0.755. The number of ketones is 1. The lowest BCUT2D eigenvalue weighted by atomic mass is 9.49. The van der Waals surface area contributed by atoms with Gasteiger partial charge in [-0.25, -0.2) is 4.89 Å². The maximum absolute atomic E-state index is 12.8. The predicted octanol–water partition coefficient (Wildman–Crippen LogP) is 3.37. The molecule has 0 aromatic carbocycles. The van der Waals surface area contributed by atoms with Crippen molar-refractivity contribution in [3.8, 4) is 0 Å². The maximum Gasteiger partial charge on any atom is 0.211 e. The molecule has 2 bridgehead atoms. The van der Waals surface area contributed by atoms with Crippen molar-refractivity contribution in [1.82, 2.24) is 0 Å². The molecule has 4 aliphatic rings. The molecule has 3 saturated carbocycles. The van der Waals surface area contributed by atoms with Crippen LogP contribution >= 0.6 is 0 Å². The number of hydrogen-bond donors (Lipinski definition) is 1. The summed E-state index contributed by atoms with van der Waals surface area (Å²) in [5, 5.41) is 11.0. The molecule has 4 heteroatoms.